The summed E-state index contributed by atoms with van der Waals surface area (Å²) in [6.07, 6.45) is 7.57. The highest BCUT2D eigenvalue weighted by atomic mass is 15.3. The zero-order chi connectivity index (χ0) is 12.4. The molecule has 1 aliphatic heterocycles. The number of nitrogens with one attached hydrogen (secondary N) is 1. The SMILES string of the molecule is Cn1ccc(CN(CC2CC2)CC2CCCN2)n1. The van der Waals surface area contributed by atoms with Crippen LogP contribution in [0.25, 0.3) is 0 Å². The van der Waals surface area contributed by atoms with Gasteiger partial charge in [-0.1, -0.05) is 0 Å². The molecule has 1 N–H and O–H groups in total. The molecule has 0 amide bonds. The molecule has 0 spiro atoms. The van der Waals surface area contributed by atoms with Gasteiger partial charge in [-0.2, -0.15) is 5.10 Å². The van der Waals surface area contributed by atoms with Gasteiger partial charge in [-0.15, -0.1) is 0 Å². The van der Waals surface area contributed by atoms with Gasteiger partial charge < -0.3 is 5.32 Å². The van der Waals surface area contributed by atoms with Crippen LogP contribution in [0.4, 0.5) is 0 Å². The first-order valence-corrected chi connectivity index (χ1v) is 7.24. The molecule has 4 heteroatoms. The molecular weight excluding hydrogens is 224 g/mol. The van der Waals surface area contributed by atoms with Crippen LogP contribution in [0.3, 0.4) is 0 Å². The Bertz CT molecular complexity index is 377. The van der Waals surface area contributed by atoms with E-state index in [0.29, 0.717) is 6.04 Å². The third-order valence-electron chi connectivity index (χ3n) is 4.01. The first-order chi connectivity index (χ1) is 8.79. The van der Waals surface area contributed by atoms with Gasteiger partial charge in [0.1, 0.15) is 0 Å². The number of nitrogens with zero attached hydrogens (tertiary/aromatic N) is 3. The highest BCUT2D eigenvalue weighted by molar-refractivity contribution is 4.99. The molecule has 2 aliphatic rings. The van der Waals surface area contributed by atoms with E-state index in [0.717, 1.165) is 12.5 Å². The van der Waals surface area contributed by atoms with Crippen molar-refractivity contribution in [1.29, 1.82) is 0 Å². The largest absolute Gasteiger partial charge is 0.313 e. The maximum Gasteiger partial charge on any atom is 0.0764 e. The van der Waals surface area contributed by atoms with Crippen molar-refractivity contribution < 1.29 is 0 Å². The van der Waals surface area contributed by atoms with Crippen LogP contribution in [0.5, 0.6) is 0 Å². The molecule has 1 aromatic rings. The fourth-order valence-electron chi connectivity index (χ4n) is 2.87. The highest BCUT2D eigenvalue weighted by Crippen LogP contribution is 2.30. The Kier molecular flexibility index (Phi) is 3.66. The molecule has 0 radical (unpaired) electrons. The Morgan fingerprint density at radius 1 is 1.39 bits per heavy atom. The van der Waals surface area contributed by atoms with Gasteiger partial charge in [-0.3, -0.25) is 9.58 Å². The first-order valence-electron chi connectivity index (χ1n) is 7.24. The first kappa shape index (κ1) is 12.2. The van der Waals surface area contributed by atoms with E-state index >= 15 is 0 Å². The van der Waals surface area contributed by atoms with Crippen molar-refractivity contribution in [3.63, 3.8) is 0 Å². The van der Waals surface area contributed by atoms with Crippen LogP contribution in [0.15, 0.2) is 12.3 Å². The average molecular weight is 248 g/mol. The van der Waals surface area contributed by atoms with E-state index < -0.39 is 0 Å². The number of hydrogen-bond acceptors (Lipinski definition) is 3. The molecular formula is C14H24N4. The molecule has 0 bridgehead atoms. The lowest BCUT2D eigenvalue weighted by Crippen LogP contribution is -2.38. The van der Waals surface area contributed by atoms with Crippen LogP contribution in [-0.2, 0) is 13.6 Å². The minimum atomic E-state index is 0.701. The minimum absolute atomic E-state index is 0.701. The summed E-state index contributed by atoms with van der Waals surface area (Å²) in [4.78, 5) is 2.60. The average Bonchev–Trinajstić information content (AvgIpc) is 2.84. The lowest BCUT2D eigenvalue weighted by molar-refractivity contribution is 0.229. The molecule has 1 unspecified atom stereocenters. The van der Waals surface area contributed by atoms with Crippen molar-refractivity contribution in [3.05, 3.63) is 18.0 Å². The summed E-state index contributed by atoms with van der Waals surface area (Å²) < 4.78 is 1.90. The molecule has 1 atom stereocenters. The second-order valence-corrected chi connectivity index (χ2v) is 5.91. The Morgan fingerprint density at radius 3 is 2.89 bits per heavy atom. The van der Waals surface area contributed by atoms with E-state index in [4.69, 9.17) is 0 Å². The van der Waals surface area contributed by atoms with Crippen molar-refractivity contribution in [2.24, 2.45) is 13.0 Å². The summed E-state index contributed by atoms with van der Waals surface area (Å²) in [5.74, 6) is 0.954. The van der Waals surface area contributed by atoms with E-state index in [1.807, 2.05) is 17.9 Å². The van der Waals surface area contributed by atoms with E-state index in [1.54, 1.807) is 0 Å². The monoisotopic (exact) mass is 248 g/mol. The van der Waals surface area contributed by atoms with Crippen LogP contribution in [-0.4, -0.2) is 40.4 Å². The fourth-order valence-corrected chi connectivity index (χ4v) is 2.87. The molecule has 100 valence electrons. The summed E-state index contributed by atoms with van der Waals surface area (Å²) in [5, 5.41) is 8.11. The van der Waals surface area contributed by atoms with Gasteiger partial charge in [0.15, 0.2) is 0 Å². The van der Waals surface area contributed by atoms with E-state index in [1.165, 1.54) is 51.0 Å². The zero-order valence-corrected chi connectivity index (χ0v) is 11.3. The van der Waals surface area contributed by atoms with Crippen molar-refractivity contribution in [3.8, 4) is 0 Å². The second kappa shape index (κ2) is 5.41. The fraction of sp³-hybridized carbons (Fsp3) is 0.786. The van der Waals surface area contributed by atoms with Crippen LogP contribution in [0.1, 0.15) is 31.4 Å². The Hall–Kier alpha value is -0.870. The zero-order valence-electron chi connectivity index (χ0n) is 11.3. The molecule has 1 saturated carbocycles. The summed E-state index contributed by atoms with van der Waals surface area (Å²) >= 11 is 0. The Morgan fingerprint density at radius 2 is 2.28 bits per heavy atom. The lowest BCUT2D eigenvalue weighted by Gasteiger charge is -2.24. The van der Waals surface area contributed by atoms with Crippen LogP contribution in [0.2, 0.25) is 0 Å². The van der Waals surface area contributed by atoms with Gasteiger partial charge in [-0.25, -0.2) is 0 Å². The summed E-state index contributed by atoms with van der Waals surface area (Å²) in [6.45, 7) is 4.66. The van der Waals surface area contributed by atoms with Crippen LogP contribution in [0, 0.1) is 5.92 Å². The lowest BCUT2D eigenvalue weighted by atomic mass is 10.2. The molecule has 1 saturated heterocycles. The number of aromatic nitrogens is 2. The molecule has 0 aromatic carbocycles. The Balaban J connectivity index is 1.57. The van der Waals surface area contributed by atoms with Gasteiger partial charge in [-0.05, 0) is 44.2 Å². The standard InChI is InChI=1S/C14H24N4/c1-17-8-6-14(16-17)11-18(9-12-4-5-12)10-13-3-2-7-15-13/h6,8,12-13,15H,2-5,7,9-11H2,1H3. The van der Waals surface area contributed by atoms with Gasteiger partial charge in [0.25, 0.3) is 0 Å². The molecule has 18 heavy (non-hydrogen) atoms. The van der Waals surface area contributed by atoms with E-state index in [9.17, 15) is 0 Å². The maximum absolute atomic E-state index is 4.51. The summed E-state index contributed by atoms with van der Waals surface area (Å²) in [7, 11) is 1.99. The molecule has 3 rings (SSSR count). The minimum Gasteiger partial charge on any atom is -0.313 e. The topological polar surface area (TPSA) is 33.1 Å². The van der Waals surface area contributed by atoms with Gasteiger partial charge in [0, 0.05) is 38.9 Å². The summed E-state index contributed by atoms with van der Waals surface area (Å²) in [6, 6.07) is 2.84. The van der Waals surface area contributed by atoms with Crippen molar-refractivity contribution in [2.45, 2.75) is 38.3 Å². The molecule has 1 aromatic heterocycles. The molecule has 2 fully saturated rings. The van der Waals surface area contributed by atoms with Crippen LogP contribution >= 0.6 is 0 Å². The van der Waals surface area contributed by atoms with Crippen LogP contribution < -0.4 is 5.32 Å². The second-order valence-electron chi connectivity index (χ2n) is 5.91. The number of aryl methyl sites for hydroxylation is 1. The van der Waals surface area contributed by atoms with E-state index in [2.05, 4.69) is 21.4 Å². The van der Waals surface area contributed by atoms with Gasteiger partial charge >= 0.3 is 0 Å². The maximum atomic E-state index is 4.51. The molecule has 1 aliphatic carbocycles. The third kappa shape index (κ3) is 3.33. The third-order valence-corrected chi connectivity index (χ3v) is 4.01. The number of hydrogen-bond donors (Lipinski definition) is 1. The molecule has 4 nitrogen and oxygen atoms in total. The highest BCUT2D eigenvalue weighted by Gasteiger charge is 2.26. The smallest absolute Gasteiger partial charge is 0.0764 e. The van der Waals surface area contributed by atoms with Crippen molar-refractivity contribution in [1.82, 2.24) is 20.0 Å². The Labute approximate surface area is 109 Å². The van der Waals surface area contributed by atoms with Gasteiger partial charge in [0.2, 0.25) is 0 Å². The van der Waals surface area contributed by atoms with Crippen molar-refractivity contribution >= 4 is 0 Å². The summed E-state index contributed by atoms with van der Waals surface area (Å²) in [5.41, 5.74) is 1.20. The quantitative estimate of drug-likeness (QED) is 0.826. The van der Waals surface area contributed by atoms with Gasteiger partial charge in [0.05, 0.1) is 5.69 Å². The van der Waals surface area contributed by atoms with E-state index in [-0.39, 0.29) is 0 Å². The normalized spacial score (nSPS) is 24.0. The van der Waals surface area contributed by atoms with Crippen molar-refractivity contribution in [2.75, 3.05) is 19.6 Å². The predicted octanol–water partition coefficient (Wildman–Crippen LogP) is 1.38. The molecule has 2 heterocycles. The predicted molar refractivity (Wildman–Crippen MR) is 72.2 cm³/mol. The number of rotatable bonds is 6.